The Bertz CT molecular complexity index is 184. The van der Waals surface area contributed by atoms with E-state index in [9.17, 15) is 0 Å². The molecule has 0 bridgehead atoms. The van der Waals surface area contributed by atoms with Crippen molar-refractivity contribution in [1.29, 1.82) is 0 Å². The Morgan fingerprint density at radius 3 is 2.36 bits per heavy atom. The zero-order chi connectivity index (χ0) is 8.91. The van der Waals surface area contributed by atoms with Gasteiger partial charge in [-0.3, -0.25) is 4.99 Å². The fourth-order valence-electron chi connectivity index (χ4n) is 0.651. The summed E-state index contributed by atoms with van der Waals surface area (Å²) in [6, 6.07) is 0. The van der Waals surface area contributed by atoms with E-state index in [-0.39, 0.29) is 3.42 Å². The molecule has 62 valence electrons. The van der Waals surface area contributed by atoms with Gasteiger partial charge in [0.1, 0.15) is 0 Å². The number of hydrogen-bond donors (Lipinski definition) is 0. The monoisotopic (exact) mass is 263 g/mol. The van der Waals surface area contributed by atoms with E-state index in [1.54, 1.807) is 6.20 Å². The van der Waals surface area contributed by atoms with Crippen molar-refractivity contribution < 1.29 is 0 Å². The van der Waals surface area contributed by atoms with Crippen molar-refractivity contribution in [2.24, 2.45) is 4.99 Å². The van der Waals surface area contributed by atoms with Gasteiger partial charge in [0.15, 0.2) is 0 Å². The van der Waals surface area contributed by atoms with E-state index in [0.717, 1.165) is 5.71 Å². The van der Waals surface area contributed by atoms with Gasteiger partial charge in [-0.2, -0.15) is 0 Å². The Morgan fingerprint density at radius 1 is 1.55 bits per heavy atom. The molecule has 0 aliphatic heterocycles. The van der Waals surface area contributed by atoms with Crippen LogP contribution in [-0.2, 0) is 0 Å². The lowest BCUT2D eigenvalue weighted by atomic mass is 10.1. The molecule has 1 nitrogen and oxygen atoms in total. The predicted octanol–water partition coefficient (Wildman–Crippen LogP) is 3.36. The third-order valence-electron chi connectivity index (χ3n) is 1.16. The summed E-state index contributed by atoms with van der Waals surface area (Å²) in [5.74, 6) is 0. The van der Waals surface area contributed by atoms with Gasteiger partial charge in [0.05, 0.1) is 9.13 Å². The molecule has 2 heteroatoms. The number of nitrogens with zero attached hydrogens (tertiary/aromatic N) is 1. The topological polar surface area (TPSA) is 12.4 Å². The third kappa shape index (κ3) is 4.35. The second kappa shape index (κ2) is 4.70. The summed E-state index contributed by atoms with van der Waals surface area (Å²) in [5.41, 5.74) is 1.05. The lowest BCUT2D eigenvalue weighted by Crippen LogP contribution is -2.21. The maximum Gasteiger partial charge on any atom is 0.0586 e. The highest BCUT2D eigenvalue weighted by atomic mass is 127. The van der Waals surface area contributed by atoms with Crippen LogP contribution in [0.2, 0.25) is 0 Å². The SMILES string of the molecule is C=C/N=C(\C=C/C)C(C)(C)I. The Kier molecular flexibility index (Phi) is 4.65. The first kappa shape index (κ1) is 10.9. The molecule has 0 atom stereocenters. The summed E-state index contributed by atoms with van der Waals surface area (Å²) in [4.78, 5) is 4.17. The fourth-order valence-corrected chi connectivity index (χ4v) is 0.970. The van der Waals surface area contributed by atoms with Gasteiger partial charge >= 0.3 is 0 Å². The minimum Gasteiger partial charge on any atom is -0.261 e. The summed E-state index contributed by atoms with van der Waals surface area (Å²) in [6.07, 6.45) is 5.58. The molecule has 0 heterocycles. The molecule has 11 heavy (non-hydrogen) atoms. The van der Waals surface area contributed by atoms with Gasteiger partial charge in [-0.15, -0.1) is 0 Å². The number of aliphatic imine (C=N–C) groups is 1. The van der Waals surface area contributed by atoms with Crippen molar-refractivity contribution >= 4 is 28.3 Å². The quantitative estimate of drug-likeness (QED) is 0.420. The summed E-state index contributed by atoms with van der Waals surface area (Å²) in [6.45, 7) is 9.80. The predicted molar refractivity (Wildman–Crippen MR) is 60.5 cm³/mol. The van der Waals surface area contributed by atoms with Crippen LogP contribution >= 0.6 is 22.6 Å². The minimum absolute atomic E-state index is 0.0818. The lowest BCUT2D eigenvalue weighted by Gasteiger charge is -2.15. The van der Waals surface area contributed by atoms with E-state index in [2.05, 4.69) is 48.0 Å². The normalized spacial score (nSPS) is 14.0. The molecular weight excluding hydrogens is 249 g/mol. The summed E-state index contributed by atoms with van der Waals surface area (Å²) >= 11 is 2.36. The first-order chi connectivity index (χ1) is 5.02. The van der Waals surface area contributed by atoms with Crippen LogP contribution in [0.1, 0.15) is 20.8 Å². The van der Waals surface area contributed by atoms with E-state index in [4.69, 9.17) is 0 Å². The highest BCUT2D eigenvalue weighted by Crippen LogP contribution is 2.19. The highest BCUT2D eigenvalue weighted by Gasteiger charge is 2.17. The van der Waals surface area contributed by atoms with E-state index in [0.29, 0.717) is 0 Å². The van der Waals surface area contributed by atoms with Crippen LogP contribution in [0.4, 0.5) is 0 Å². The van der Waals surface area contributed by atoms with E-state index in [1.165, 1.54) is 0 Å². The molecule has 0 unspecified atom stereocenters. The molecule has 0 fully saturated rings. The van der Waals surface area contributed by atoms with Gasteiger partial charge < -0.3 is 0 Å². The third-order valence-corrected chi connectivity index (χ3v) is 1.72. The van der Waals surface area contributed by atoms with Crippen LogP contribution in [0.3, 0.4) is 0 Å². The number of rotatable bonds is 3. The van der Waals surface area contributed by atoms with Gasteiger partial charge in [-0.05, 0) is 26.8 Å². The van der Waals surface area contributed by atoms with Gasteiger partial charge in [0.25, 0.3) is 0 Å². The minimum atomic E-state index is 0.0818. The van der Waals surface area contributed by atoms with Crippen LogP contribution in [0.5, 0.6) is 0 Å². The fraction of sp³-hybridized carbons (Fsp3) is 0.444. The van der Waals surface area contributed by atoms with Gasteiger partial charge in [0, 0.05) is 6.20 Å². The van der Waals surface area contributed by atoms with Crippen LogP contribution in [-0.4, -0.2) is 9.13 Å². The number of allylic oxidation sites excluding steroid dienone is 2. The molecular formula is C9H14IN. The first-order valence-electron chi connectivity index (χ1n) is 3.53. The van der Waals surface area contributed by atoms with Crippen molar-refractivity contribution in [2.75, 3.05) is 0 Å². The molecule has 0 aromatic carbocycles. The molecule has 0 radical (unpaired) electrons. The molecule has 0 saturated carbocycles. The van der Waals surface area contributed by atoms with Gasteiger partial charge in [-0.25, -0.2) is 0 Å². The molecule has 0 rings (SSSR count). The zero-order valence-electron chi connectivity index (χ0n) is 7.26. The summed E-state index contributed by atoms with van der Waals surface area (Å²) in [5, 5.41) is 0. The van der Waals surface area contributed by atoms with E-state index < -0.39 is 0 Å². The van der Waals surface area contributed by atoms with Crippen molar-refractivity contribution in [3.05, 3.63) is 24.9 Å². The lowest BCUT2D eigenvalue weighted by molar-refractivity contribution is 0.999. The zero-order valence-corrected chi connectivity index (χ0v) is 9.42. The van der Waals surface area contributed by atoms with Gasteiger partial charge in [0.2, 0.25) is 0 Å². The number of alkyl halides is 1. The number of halogens is 1. The van der Waals surface area contributed by atoms with E-state index >= 15 is 0 Å². The first-order valence-corrected chi connectivity index (χ1v) is 4.61. The average Bonchev–Trinajstić information content (AvgIpc) is 1.85. The van der Waals surface area contributed by atoms with Crippen LogP contribution < -0.4 is 0 Å². The molecule has 0 aromatic rings. The molecule has 0 aliphatic carbocycles. The Labute approximate surface area is 82.4 Å². The average molecular weight is 263 g/mol. The Balaban J connectivity index is 4.61. The molecule has 0 aromatic heterocycles. The van der Waals surface area contributed by atoms with Crippen LogP contribution in [0.25, 0.3) is 0 Å². The molecule has 0 aliphatic rings. The second-order valence-corrected chi connectivity index (χ2v) is 5.37. The maximum atomic E-state index is 4.17. The Morgan fingerprint density at radius 2 is 2.09 bits per heavy atom. The van der Waals surface area contributed by atoms with E-state index in [1.807, 2.05) is 19.1 Å². The largest absolute Gasteiger partial charge is 0.261 e. The van der Waals surface area contributed by atoms with Gasteiger partial charge in [-0.1, -0.05) is 35.2 Å². The summed E-state index contributed by atoms with van der Waals surface area (Å²) < 4.78 is 0.0818. The molecule has 0 N–H and O–H groups in total. The molecule has 0 spiro atoms. The van der Waals surface area contributed by atoms with Crippen molar-refractivity contribution in [1.82, 2.24) is 0 Å². The van der Waals surface area contributed by atoms with Crippen LogP contribution in [0, 0.1) is 0 Å². The van der Waals surface area contributed by atoms with Crippen LogP contribution in [0.15, 0.2) is 29.9 Å². The highest BCUT2D eigenvalue weighted by molar-refractivity contribution is 14.1. The van der Waals surface area contributed by atoms with Crippen molar-refractivity contribution in [3.63, 3.8) is 0 Å². The van der Waals surface area contributed by atoms with Crippen molar-refractivity contribution in [2.45, 2.75) is 24.2 Å². The second-order valence-electron chi connectivity index (χ2n) is 2.67. The number of hydrogen-bond acceptors (Lipinski definition) is 1. The maximum absolute atomic E-state index is 4.17. The molecule has 0 saturated heterocycles. The van der Waals surface area contributed by atoms with Crippen molar-refractivity contribution in [3.8, 4) is 0 Å². The smallest absolute Gasteiger partial charge is 0.0586 e. The Hall–Kier alpha value is -0.120. The standard InChI is InChI=1S/C9H14IN/c1-5-7-8(11-6-2)9(3,4)10/h5-7H,2H2,1,3-4H3/b7-5-,11-8+. The summed E-state index contributed by atoms with van der Waals surface area (Å²) in [7, 11) is 0. The molecule has 0 amide bonds.